The number of methoxy groups -OCH3 is 1. The third-order valence-electron chi connectivity index (χ3n) is 2.08. The third-order valence-corrected chi connectivity index (χ3v) is 2.38. The standard InChI is InChI=1S/C11H12ClNO4/c1-6-3-9(17-2)7(12)4-8(6)13-10(14)5-11(15)16/h3-4H,5H2,1-2H3,(H,13,14)(H,15,16). The number of nitrogens with one attached hydrogen (secondary N) is 1. The van der Waals surface area contributed by atoms with Crippen molar-refractivity contribution in [1.29, 1.82) is 0 Å². The number of carbonyl (C=O) groups excluding carboxylic acids is 1. The number of aryl methyl sites for hydroxylation is 1. The van der Waals surface area contributed by atoms with Crippen LogP contribution in [0.2, 0.25) is 5.02 Å². The van der Waals surface area contributed by atoms with Crippen molar-refractivity contribution < 1.29 is 19.4 Å². The van der Waals surface area contributed by atoms with Gasteiger partial charge in [0.05, 0.1) is 12.1 Å². The average Bonchev–Trinajstić information content (AvgIpc) is 2.21. The van der Waals surface area contributed by atoms with Crippen molar-refractivity contribution in [3.05, 3.63) is 22.7 Å². The molecular formula is C11H12ClNO4. The minimum Gasteiger partial charge on any atom is -0.495 e. The average molecular weight is 258 g/mol. The first kappa shape index (κ1) is 13.3. The number of rotatable bonds is 4. The van der Waals surface area contributed by atoms with E-state index in [-0.39, 0.29) is 0 Å². The van der Waals surface area contributed by atoms with Crippen LogP contribution in [-0.2, 0) is 9.59 Å². The number of ether oxygens (including phenoxy) is 1. The van der Waals surface area contributed by atoms with E-state index in [1.54, 1.807) is 13.0 Å². The molecule has 92 valence electrons. The van der Waals surface area contributed by atoms with Crippen molar-refractivity contribution >= 4 is 29.2 Å². The summed E-state index contributed by atoms with van der Waals surface area (Å²) in [5, 5.41) is 11.3. The molecule has 0 aliphatic carbocycles. The van der Waals surface area contributed by atoms with Crippen molar-refractivity contribution in [3.8, 4) is 5.75 Å². The maximum Gasteiger partial charge on any atom is 0.312 e. The Hall–Kier alpha value is -1.75. The first-order valence-corrected chi connectivity index (χ1v) is 5.17. The molecule has 0 radical (unpaired) electrons. The minimum atomic E-state index is -1.18. The zero-order chi connectivity index (χ0) is 13.0. The zero-order valence-electron chi connectivity index (χ0n) is 9.41. The predicted molar refractivity (Wildman–Crippen MR) is 63.6 cm³/mol. The lowest BCUT2D eigenvalue weighted by atomic mass is 10.2. The lowest BCUT2D eigenvalue weighted by Crippen LogP contribution is -2.16. The van der Waals surface area contributed by atoms with E-state index in [2.05, 4.69) is 5.32 Å². The first-order chi connectivity index (χ1) is 7.93. The minimum absolute atomic E-state index is 0.351. The number of benzene rings is 1. The van der Waals surface area contributed by atoms with Crippen LogP contribution in [0.3, 0.4) is 0 Å². The van der Waals surface area contributed by atoms with E-state index in [0.717, 1.165) is 5.56 Å². The summed E-state index contributed by atoms with van der Waals surface area (Å²) in [6.45, 7) is 1.76. The molecule has 0 spiro atoms. The fourth-order valence-electron chi connectivity index (χ4n) is 1.28. The Kier molecular flexibility index (Phi) is 4.34. The second-order valence-corrected chi connectivity index (χ2v) is 3.83. The van der Waals surface area contributed by atoms with E-state index in [4.69, 9.17) is 21.4 Å². The van der Waals surface area contributed by atoms with E-state index >= 15 is 0 Å². The Morgan fingerprint density at radius 1 is 1.47 bits per heavy atom. The first-order valence-electron chi connectivity index (χ1n) is 4.80. The molecule has 0 aliphatic rings. The number of aliphatic carboxylic acids is 1. The fraction of sp³-hybridized carbons (Fsp3) is 0.273. The van der Waals surface area contributed by atoms with Gasteiger partial charge in [-0.3, -0.25) is 9.59 Å². The van der Waals surface area contributed by atoms with Gasteiger partial charge in [0.25, 0.3) is 0 Å². The molecule has 1 aromatic carbocycles. The SMILES string of the molecule is COc1cc(C)c(NC(=O)CC(=O)O)cc1Cl. The number of amides is 1. The van der Waals surface area contributed by atoms with Crippen LogP contribution in [0.4, 0.5) is 5.69 Å². The summed E-state index contributed by atoms with van der Waals surface area (Å²) in [5.41, 5.74) is 1.21. The molecule has 1 rings (SSSR count). The Bertz CT molecular complexity index is 459. The molecule has 5 nitrogen and oxygen atoms in total. The number of hydrogen-bond acceptors (Lipinski definition) is 3. The van der Waals surface area contributed by atoms with Gasteiger partial charge in [0, 0.05) is 5.69 Å². The molecule has 0 aliphatic heterocycles. The summed E-state index contributed by atoms with van der Waals surface area (Å²) in [7, 11) is 1.49. The maximum absolute atomic E-state index is 11.3. The van der Waals surface area contributed by atoms with Gasteiger partial charge in [-0.15, -0.1) is 0 Å². The van der Waals surface area contributed by atoms with Crippen LogP contribution in [0.25, 0.3) is 0 Å². The Balaban J connectivity index is 2.88. The molecule has 0 fully saturated rings. The van der Waals surface area contributed by atoms with E-state index in [0.29, 0.717) is 16.5 Å². The van der Waals surface area contributed by atoms with Crippen molar-refractivity contribution in [2.24, 2.45) is 0 Å². The van der Waals surface area contributed by atoms with Gasteiger partial charge in [0.15, 0.2) is 0 Å². The summed E-state index contributed by atoms with van der Waals surface area (Å²) < 4.78 is 5.01. The van der Waals surface area contributed by atoms with Crippen LogP contribution in [0, 0.1) is 6.92 Å². The summed E-state index contributed by atoms with van der Waals surface area (Å²) in [6.07, 6.45) is -0.580. The maximum atomic E-state index is 11.3. The number of halogens is 1. The molecule has 2 N–H and O–H groups in total. The van der Waals surface area contributed by atoms with Gasteiger partial charge in [-0.1, -0.05) is 11.6 Å². The van der Waals surface area contributed by atoms with Crippen molar-refractivity contribution in [1.82, 2.24) is 0 Å². The number of carboxylic acid groups (broad SMARTS) is 1. The normalized spacial score (nSPS) is 9.82. The smallest absolute Gasteiger partial charge is 0.312 e. The highest BCUT2D eigenvalue weighted by Crippen LogP contribution is 2.30. The van der Waals surface area contributed by atoms with Crippen LogP contribution < -0.4 is 10.1 Å². The molecule has 0 unspecified atom stereocenters. The highest BCUT2D eigenvalue weighted by Gasteiger charge is 2.11. The van der Waals surface area contributed by atoms with Crippen molar-refractivity contribution in [3.63, 3.8) is 0 Å². The topological polar surface area (TPSA) is 75.6 Å². The van der Waals surface area contributed by atoms with Crippen LogP contribution in [0.1, 0.15) is 12.0 Å². The molecule has 1 amide bonds. The fourth-order valence-corrected chi connectivity index (χ4v) is 1.52. The van der Waals surface area contributed by atoms with E-state index in [1.165, 1.54) is 13.2 Å². The molecule has 0 atom stereocenters. The summed E-state index contributed by atoms with van der Waals surface area (Å²) >= 11 is 5.90. The van der Waals surface area contributed by atoms with Gasteiger partial charge < -0.3 is 15.2 Å². The lowest BCUT2D eigenvalue weighted by molar-refractivity contribution is -0.139. The second kappa shape index (κ2) is 5.54. The summed E-state index contributed by atoms with van der Waals surface area (Å²) in [6, 6.07) is 3.19. The largest absolute Gasteiger partial charge is 0.495 e. The van der Waals surface area contributed by atoms with Crippen LogP contribution in [-0.4, -0.2) is 24.1 Å². The van der Waals surface area contributed by atoms with Gasteiger partial charge in [0.1, 0.15) is 12.2 Å². The van der Waals surface area contributed by atoms with Gasteiger partial charge in [-0.05, 0) is 24.6 Å². The molecule has 0 saturated carbocycles. The molecule has 1 aromatic rings. The molecular weight excluding hydrogens is 246 g/mol. The summed E-state index contributed by atoms with van der Waals surface area (Å²) in [4.78, 5) is 21.6. The molecule has 6 heteroatoms. The lowest BCUT2D eigenvalue weighted by Gasteiger charge is -2.10. The third kappa shape index (κ3) is 3.64. The number of carboxylic acids is 1. The quantitative estimate of drug-likeness (QED) is 0.810. The predicted octanol–water partition coefficient (Wildman–Crippen LogP) is 2.07. The van der Waals surface area contributed by atoms with Crippen molar-refractivity contribution in [2.45, 2.75) is 13.3 Å². The molecule has 0 heterocycles. The highest BCUT2D eigenvalue weighted by atomic mass is 35.5. The van der Waals surface area contributed by atoms with Gasteiger partial charge in [0.2, 0.25) is 5.91 Å². The van der Waals surface area contributed by atoms with Crippen LogP contribution >= 0.6 is 11.6 Å². The molecule has 0 saturated heterocycles. The van der Waals surface area contributed by atoms with E-state index in [9.17, 15) is 9.59 Å². The van der Waals surface area contributed by atoms with Gasteiger partial charge >= 0.3 is 5.97 Å². The highest BCUT2D eigenvalue weighted by molar-refractivity contribution is 6.32. The Morgan fingerprint density at radius 2 is 2.12 bits per heavy atom. The zero-order valence-corrected chi connectivity index (χ0v) is 10.2. The molecule has 0 bridgehead atoms. The van der Waals surface area contributed by atoms with Crippen LogP contribution in [0.15, 0.2) is 12.1 Å². The van der Waals surface area contributed by atoms with Crippen LogP contribution in [0.5, 0.6) is 5.75 Å². The Morgan fingerprint density at radius 3 is 2.65 bits per heavy atom. The van der Waals surface area contributed by atoms with Crippen molar-refractivity contribution in [2.75, 3.05) is 12.4 Å². The number of carbonyl (C=O) groups is 2. The number of hydrogen-bond donors (Lipinski definition) is 2. The Labute approximate surface area is 103 Å². The monoisotopic (exact) mass is 257 g/mol. The summed E-state index contributed by atoms with van der Waals surface area (Å²) in [5.74, 6) is -1.28. The molecule has 17 heavy (non-hydrogen) atoms. The van der Waals surface area contributed by atoms with E-state index in [1.807, 2.05) is 0 Å². The number of anilines is 1. The molecule has 0 aromatic heterocycles. The van der Waals surface area contributed by atoms with Gasteiger partial charge in [-0.2, -0.15) is 0 Å². The second-order valence-electron chi connectivity index (χ2n) is 3.42. The van der Waals surface area contributed by atoms with E-state index < -0.39 is 18.3 Å². The van der Waals surface area contributed by atoms with Gasteiger partial charge in [-0.25, -0.2) is 0 Å².